The van der Waals surface area contributed by atoms with Crippen molar-refractivity contribution in [3.8, 4) is 0 Å². The molecule has 0 aliphatic heterocycles. The van der Waals surface area contributed by atoms with Gasteiger partial charge >= 0.3 is 0 Å². The molecule has 0 bridgehead atoms. The minimum atomic E-state index is -3.65. The van der Waals surface area contributed by atoms with Gasteiger partial charge in [0.05, 0.1) is 6.61 Å². The van der Waals surface area contributed by atoms with Crippen LogP contribution in [-0.4, -0.2) is 48.8 Å². The van der Waals surface area contributed by atoms with Crippen LogP contribution in [0.2, 0.25) is 0 Å². The van der Waals surface area contributed by atoms with Crippen molar-refractivity contribution >= 4 is 15.8 Å². The van der Waals surface area contributed by atoms with Gasteiger partial charge in [-0.3, -0.25) is 4.68 Å². The molecule has 0 aromatic carbocycles. The van der Waals surface area contributed by atoms with Gasteiger partial charge in [-0.1, -0.05) is 6.92 Å². The van der Waals surface area contributed by atoms with Gasteiger partial charge in [-0.05, 0) is 13.3 Å². The van der Waals surface area contributed by atoms with E-state index in [4.69, 9.17) is 10.5 Å². The van der Waals surface area contributed by atoms with Gasteiger partial charge in [-0.2, -0.15) is 9.40 Å². The van der Waals surface area contributed by atoms with E-state index in [1.165, 1.54) is 15.2 Å². The molecular formula is C11H22N4O3S. The number of sulfonamides is 1. The standard InChI is InChI=1S/C11H22N4O3S/c1-5-9(2)15(6-7-18-4)19(16,17)10-8-14(3)13-11(10)12/h8-9H,5-7H2,1-4H3,(H2,12,13). The summed E-state index contributed by atoms with van der Waals surface area (Å²) in [6.45, 7) is 4.43. The first-order valence-corrected chi connectivity index (χ1v) is 7.58. The maximum absolute atomic E-state index is 12.6. The van der Waals surface area contributed by atoms with Crippen LogP contribution in [0.25, 0.3) is 0 Å². The van der Waals surface area contributed by atoms with E-state index in [1.54, 1.807) is 14.2 Å². The van der Waals surface area contributed by atoms with Gasteiger partial charge in [-0.15, -0.1) is 0 Å². The fourth-order valence-corrected chi connectivity index (χ4v) is 3.55. The minimum Gasteiger partial charge on any atom is -0.383 e. The predicted molar refractivity (Wildman–Crippen MR) is 73.1 cm³/mol. The van der Waals surface area contributed by atoms with E-state index in [0.717, 1.165) is 0 Å². The number of hydrogen-bond acceptors (Lipinski definition) is 5. The van der Waals surface area contributed by atoms with E-state index in [1.807, 2.05) is 13.8 Å². The Labute approximate surface area is 114 Å². The van der Waals surface area contributed by atoms with Crippen molar-refractivity contribution in [2.75, 3.05) is 26.0 Å². The van der Waals surface area contributed by atoms with Crippen LogP contribution in [0, 0.1) is 0 Å². The highest BCUT2D eigenvalue weighted by atomic mass is 32.2. The van der Waals surface area contributed by atoms with E-state index >= 15 is 0 Å². The lowest BCUT2D eigenvalue weighted by Gasteiger charge is -2.26. The third-order valence-electron chi connectivity index (χ3n) is 3.01. The summed E-state index contributed by atoms with van der Waals surface area (Å²) in [6, 6.07) is -0.125. The van der Waals surface area contributed by atoms with Crippen LogP contribution >= 0.6 is 0 Å². The van der Waals surface area contributed by atoms with Crippen LogP contribution in [-0.2, 0) is 21.8 Å². The molecule has 0 saturated carbocycles. The molecule has 0 spiro atoms. The fraction of sp³-hybridized carbons (Fsp3) is 0.727. The number of nitrogen functional groups attached to an aromatic ring is 1. The van der Waals surface area contributed by atoms with Gasteiger partial charge in [0.25, 0.3) is 0 Å². The quantitative estimate of drug-likeness (QED) is 0.787. The molecule has 1 aromatic heterocycles. The molecule has 110 valence electrons. The second-order valence-corrected chi connectivity index (χ2v) is 6.28. The number of nitrogens with zero attached hydrogens (tertiary/aromatic N) is 3. The lowest BCUT2D eigenvalue weighted by molar-refractivity contribution is 0.167. The maximum atomic E-state index is 12.6. The smallest absolute Gasteiger partial charge is 0.248 e. The van der Waals surface area contributed by atoms with Crippen LogP contribution < -0.4 is 5.73 Å². The summed E-state index contributed by atoms with van der Waals surface area (Å²) in [5.74, 6) is 0.0215. The Kier molecular flexibility index (Phi) is 5.33. The average molecular weight is 290 g/mol. The highest BCUT2D eigenvalue weighted by molar-refractivity contribution is 7.89. The van der Waals surface area contributed by atoms with Crippen molar-refractivity contribution in [3.05, 3.63) is 6.20 Å². The van der Waals surface area contributed by atoms with Gasteiger partial charge < -0.3 is 10.5 Å². The largest absolute Gasteiger partial charge is 0.383 e. The van der Waals surface area contributed by atoms with Crippen LogP contribution in [0.3, 0.4) is 0 Å². The molecule has 1 aromatic rings. The third-order valence-corrected chi connectivity index (χ3v) is 5.04. The number of methoxy groups -OCH3 is 1. The number of aryl methyl sites for hydroxylation is 1. The monoisotopic (exact) mass is 290 g/mol. The van der Waals surface area contributed by atoms with Gasteiger partial charge in [0.2, 0.25) is 10.0 Å². The third kappa shape index (κ3) is 3.46. The highest BCUT2D eigenvalue weighted by Crippen LogP contribution is 2.23. The average Bonchev–Trinajstić information content (AvgIpc) is 2.69. The predicted octanol–water partition coefficient (Wildman–Crippen LogP) is 0.438. The molecule has 0 aliphatic rings. The summed E-state index contributed by atoms with van der Waals surface area (Å²) in [7, 11) is -0.471. The van der Waals surface area contributed by atoms with E-state index < -0.39 is 10.0 Å². The zero-order valence-electron chi connectivity index (χ0n) is 11.8. The van der Waals surface area contributed by atoms with Crippen molar-refractivity contribution in [3.63, 3.8) is 0 Å². The summed E-state index contributed by atoms with van der Waals surface area (Å²) in [5, 5.41) is 3.88. The zero-order valence-corrected chi connectivity index (χ0v) is 12.6. The van der Waals surface area contributed by atoms with Gasteiger partial charge in [0.15, 0.2) is 5.82 Å². The Hall–Kier alpha value is -1.12. The lowest BCUT2D eigenvalue weighted by Crippen LogP contribution is -2.40. The molecule has 0 aliphatic carbocycles. The normalized spacial score (nSPS) is 13.9. The molecule has 1 heterocycles. The van der Waals surface area contributed by atoms with Gasteiger partial charge in [0.1, 0.15) is 4.90 Å². The van der Waals surface area contributed by atoms with Crippen LogP contribution in [0.5, 0.6) is 0 Å². The molecule has 0 fully saturated rings. The number of hydrogen-bond donors (Lipinski definition) is 1. The van der Waals surface area contributed by atoms with E-state index in [-0.39, 0.29) is 16.8 Å². The van der Waals surface area contributed by atoms with E-state index in [9.17, 15) is 8.42 Å². The first-order chi connectivity index (χ1) is 8.84. The lowest BCUT2D eigenvalue weighted by atomic mass is 10.3. The summed E-state index contributed by atoms with van der Waals surface area (Å²) in [6.07, 6.45) is 2.13. The summed E-state index contributed by atoms with van der Waals surface area (Å²) in [4.78, 5) is 0.0476. The molecule has 19 heavy (non-hydrogen) atoms. The molecule has 1 rings (SSSR count). The van der Waals surface area contributed by atoms with Crippen molar-refractivity contribution in [1.29, 1.82) is 0 Å². The van der Waals surface area contributed by atoms with Crippen molar-refractivity contribution in [2.45, 2.75) is 31.2 Å². The fourth-order valence-electron chi connectivity index (χ4n) is 1.77. The van der Waals surface area contributed by atoms with Crippen molar-refractivity contribution in [1.82, 2.24) is 14.1 Å². The first-order valence-electron chi connectivity index (χ1n) is 6.14. The Morgan fingerprint density at radius 1 is 1.58 bits per heavy atom. The summed E-state index contributed by atoms with van der Waals surface area (Å²) in [5.41, 5.74) is 5.67. The first kappa shape index (κ1) is 15.9. The number of ether oxygens (including phenoxy) is 1. The van der Waals surface area contributed by atoms with Gasteiger partial charge in [-0.25, -0.2) is 8.42 Å². The molecule has 2 N–H and O–H groups in total. The van der Waals surface area contributed by atoms with Crippen molar-refractivity contribution < 1.29 is 13.2 Å². The number of nitrogens with two attached hydrogens (primary N) is 1. The van der Waals surface area contributed by atoms with E-state index in [0.29, 0.717) is 19.6 Å². The zero-order chi connectivity index (χ0) is 14.6. The molecular weight excluding hydrogens is 268 g/mol. The number of aromatic nitrogens is 2. The Bertz CT molecular complexity index is 512. The molecule has 0 radical (unpaired) electrons. The molecule has 8 heteroatoms. The Balaban J connectivity index is 3.15. The molecule has 1 unspecified atom stereocenters. The second-order valence-electron chi connectivity index (χ2n) is 4.42. The Morgan fingerprint density at radius 2 is 2.21 bits per heavy atom. The number of anilines is 1. The second kappa shape index (κ2) is 6.36. The van der Waals surface area contributed by atoms with Gasteiger partial charge in [0, 0.05) is 32.9 Å². The minimum absolute atomic E-state index is 0.0215. The number of rotatable bonds is 7. The molecule has 0 saturated heterocycles. The molecule has 0 amide bonds. The van der Waals surface area contributed by atoms with Crippen LogP contribution in [0.4, 0.5) is 5.82 Å². The molecule has 7 nitrogen and oxygen atoms in total. The van der Waals surface area contributed by atoms with Crippen LogP contribution in [0.15, 0.2) is 11.1 Å². The maximum Gasteiger partial charge on any atom is 0.248 e. The van der Waals surface area contributed by atoms with E-state index in [2.05, 4.69) is 5.10 Å². The molecule has 1 atom stereocenters. The summed E-state index contributed by atoms with van der Waals surface area (Å²) < 4.78 is 33.0. The Morgan fingerprint density at radius 3 is 2.63 bits per heavy atom. The highest BCUT2D eigenvalue weighted by Gasteiger charge is 2.31. The van der Waals surface area contributed by atoms with Crippen molar-refractivity contribution in [2.24, 2.45) is 7.05 Å². The summed E-state index contributed by atoms with van der Waals surface area (Å²) >= 11 is 0. The topological polar surface area (TPSA) is 90.5 Å². The van der Waals surface area contributed by atoms with Crippen LogP contribution in [0.1, 0.15) is 20.3 Å². The SMILES string of the molecule is CCC(C)N(CCOC)S(=O)(=O)c1cn(C)nc1N.